The number of nitrogens with one attached hydrogen (secondary N) is 1. The van der Waals surface area contributed by atoms with E-state index in [0.717, 1.165) is 22.5 Å². The maximum absolute atomic E-state index is 12.9. The predicted octanol–water partition coefficient (Wildman–Crippen LogP) is 4.29. The van der Waals surface area contributed by atoms with Crippen LogP contribution in [0.25, 0.3) is 6.08 Å². The first-order chi connectivity index (χ1) is 16.8. The molecule has 1 N–H and O–H groups in total. The highest BCUT2D eigenvalue weighted by Gasteiger charge is 2.21. The molecule has 1 fully saturated rings. The van der Waals surface area contributed by atoms with Crippen molar-refractivity contribution in [1.29, 1.82) is 0 Å². The number of rotatable bonds is 6. The maximum atomic E-state index is 12.9. The summed E-state index contributed by atoms with van der Waals surface area (Å²) in [6, 6.07) is 13.8. The van der Waals surface area contributed by atoms with E-state index in [1.54, 1.807) is 23.1 Å². The first kappa shape index (κ1) is 24.4. The summed E-state index contributed by atoms with van der Waals surface area (Å²) < 4.78 is 7.30. The first-order valence-corrected chi connectivity index (χ1v) is 11.9. The Morgan fingerprint density at radius 1 is 1.03 bits per heavy atom. The molecule has 1 aliphatic heterocycles. The lowest BCUT2D eigenvalue weighted by molar-refractivity contribution is -0.111. The third-order valence-electron chi connectivity index (χ3n) is 6.41. The summed E-state index contributed by atoms with van der Waals surface area (Å²) in [5.74, 6) is -0.293. The van der Waals surface area contributed by atoms with Crippen LogP contribution in [-0.2, 0) is 16.1 Å². The van der Waals surface area contributed by atoms with E-state index < -0.39 is 0 Å². The number of aryl methyl sites for hydroxylation is 2. The van der Waals surface area contributed by atoms with Gasteiger partial charge in [0.05, 0.1) is 25.5 Å². The zero-order valence-electron chi connectivity index (χ0n) is 20.8. The summed E-state index contributed by atoms with van der Waals surface area (Å²) in [6.45, 7) is 10.8. The molecule has 7 heteroatoms. The third kappa shape index (κ3) is 5.69. The van der Waals surface area contributed by atoms with Gasteiger partial charge >= 0.3 is 0 Å². The average molecular weight is 473 g/mol. The Labute approximate surface area is 206 Å². The van der Waals surface area contributed by atoms with E-state index in [2.05, 4.69) is 41.6 Å². The molecular formula is C28H32N4O3. The fourth-order valence-corrected chi connectivity index (χ4v) is 4.25. The van der Waals surface area contributed by atoms with Crippen LogP contribution in [-0.4, -0.2) is 52.8 Å². The maximum Gasteiger partial charge on any atom is 0.254 e. The van der Waals surface area contributed by atoms with Gasteiger partial charge in [-0.1, -0.05) is 35.9 Å². The summed E-state index contributed by atoms with van der Waals surface area (Å²) in [7, 11) is 0. The van der Waals surface area contributed by atoms with Gasteiger partial charge in [-0.3, -0.25) is 14.3 Å². The van der Waals surface area contributed by atoms with Crippen molar-refractivity contribution in [3.8, 4) is 0 Å². The predicted molar refractivity (Wildman–Crippen MR) is 138 cm³/mol. The summed E-state index contributed by atoms with van der Waals surface area (Å²) in [4.78, 5) is 27.5. The van der Waals surface area contributed by atoms with Crippen LogP contribution in [0.15, 0.2) is 48.5 Å². The van der Waals surface area contributed by atoms with E-state index in [4.69, 9.17) is 4.74 Å². The molecule has 0 radical (unpaired) electrons. The third-order valence-corrected chi connectivity index (χ3v) is 6.41. The Balaban J connectivity index is 1.45. The largest absolute Gasteiger partial charge is 0.378 e. The average Bonchev–Trinajstić information content (AvgIpc) is 3.12. The molecule has 0 unspecified atom stereocenters. The molecule has 1 aliphatic rings. The number of hydrogen-bond donors (Lipinski definition) is 1. The van der Waals surface area contributed by atoms with Crippen LogP contribution in [0.2, 0.25) is 0 Å². The molecule has 2 amide bonds. The van der Waals surface area contributed by atoms with Crippen LogP contribution in [0.1, 0.15) is 44.0 Å². The van der Waals surface area contributed by atoms with Crippen molar-refractivity contribution in [1.82, 2.24) is 14.7 Å². The number of aromatic nitrogens is 2. The van der Waals surface area contributed by atoms with Gasteiger partial charge in [-0.05, 0) is 57.0 Å². The van der Waals surface area contributed by atoms with Crippen LogP contribution in [0.3, 0.4) is 0 Å². The number of anilines is 1. The van der Waals surface area contributed by atoms with Gasteiger partial charge in [-0.25, -0.2) is 0 Å². The molecule has 0 saturated carbocycles. The number of amides is 2. The highest BCUT2D eigenvalue weighted by Crippen LogP contribution is 2.22. The number of benzene rings is 2. The van der Waals surface area contributed by atoms with E-state index >= 15 is 0 Å². The zero-order valence-corrected chi connectivity index (χ0v) is 20.8. The Hall–Kier alpha value is -3.71. The van der Waals surface area contributed by atoms with E-state index in [-0.39, 0.29) is 11.8 Å². The van der Waals surface area contributed by atoms with Crippen molar-refractivity contribution in [2.24, 2.45) is 0 Å². The number of morpholine rings is 1. The normalized spacial score (nSPS) is 13.9. The van der Waals surface area contributed by atoms with Gasteiger partial charge in [0, 0.05) is 41.7 Å². The fourth-order valence-electron chi connectivity index (χ4n) is 4.25. The molecule has 0 atom stereocenters. The molecule has 0 aliphatic carbocycles. The zero-order chi connectivity index (χ0) is 24.9. The summed E-state index contributed by atoms with van der Waals surface area (Å²) in [5, 5.41) is 7.58. The second kappa shape index (κ2) is 10.7. The van der Waals surface area contributed by atoms with E-state index in [0.29, 0.717) is 44.1 Å². The topological polar surface area (TPSA) is 76.5 Å². The summed E-state index contributed by atoms with van der Waals surface area (Å²) in [5.41, 5.74) is 7.18. The van der Waals surface area contributed by atoms with Gasteiger partial charge in [0.2, 0.25) is 5.91 Å². The van der Waals surface area contributed by atoms with Gasteiger partial charge in [-0.2, -0.15) is 5.10 Å². The van der Waals surface area contributed by atoms with Crippen LogP contribution < -0.4 is 5.32 Å². The highest BCUT2D eigenvalue weighted by atomic mass is 16.5. The SMILES string of the molecule is Cc1ccc(Cn2nc(C)c(/C=C/C(=O)Nc3cccc(C(=O)N4CCOCC4)c3C)c2C)cc1. The lowest BCUT2D eigenvalue weighted by Gasteiger charge is -2.27. The van der Waals surface area contributed by atoms with Crippen molar-refractivity contribution >= 4 is 23.6 Å². The summed E-state index contributed by atoms with van der Waals surface area (Å²) in [6.07, 6.45) is 3.32. The second-order valence-corrected chi connectivity index (χ2v) is 8.93. The molecule has 0 bridgehead atoms. The minimum atomic E-state index is -0.255. The van der Waals surface area contributed by atoms with E-state index in [9.17, 15) is 9.59 Å². The number of hydrogen-bond acceptors (Lipinski definition) is 4. The lowest BCUT2D eigenvalue weighted by atomic mass is 10.0. The van der Waals surface area contributed by atoms with Gasteiger partial charge in [0.25, 0.3) is 5.91 Å². The minimum absolute atomic E-state index is 0.0373. The number of ether oxygens (including phenoxy) is 1. The van der Waals surface area contributed by atoms with Crippen LogP contribution in [0.5, 0.6) is 0 Å². The Bertz CT molecular complexity index is 1250. The Morgan fingerprint density at radius 3 is 2.46 bits per heavy atom. The van der Waals surface area contributed by atoms with Crippen LogP contribution in [0, 0.1) is 27.7 Å². The highest BCUT2D eigenvalue weighted by molar-refractivity contribution is 6.04. The van der Waals surface area contributed by atoms with Gasteiger partial charge in [-0.15, -0.1) is 0 Å². The fraction of sp³-hybridized carbons (Fsp3) is 0.321. The van der Waals surface area contributed by atoms with Crippen molar-refractivity contribution in [3.63, 3.8) is 0 Å². The smallest absolute Gasteiger partial charge is 0.254 e. The molecule has 2 heterocycles. The summed E-state index contributed by atoms with van der Waals surface area (Å²) >= 11 is 0. The molecule has 182 valence electrons. The minimum Gasteiger partial charge on any atom is -0.378 e. The second-order valence-electron chi connectivity index (χ2n) is 8.93. The number of carbonyl (C=O) groups excluding carboxylic acids is 2. The number of nitrogens with zero attached hydrogens (tertiary/aromatic N) is 3. The molecule has 35 heavy (non-hydrogen) atoms. The van der Waals surface area contributed by atoms with Gasteiger partial charge in [0.1, 0.15) is 0 Å². The molecule has 2 aromatic carbocycles. The van der Waals surface area contributed by atoms with Crippen LogP contribution >= 0.6 is 0 Å². The molecule has 1 aromatic heterocycles. The first-order valence-electron chi connectivity index (χ1n) is 11.9. The molecule has 3 aromatic rings. The standard InChI is InChI=1S/C28H32N4O3/c1-19-8-10-23(11-9-19)18-32-22(4)25(21(3)30-32)12-13-27(33)29-26-7-5-6-24(20(26)2)28(34)31-14-16-35-17-15-31/h5-13H,14-18H2,1-4H3,(H,29,33)/b13-12+. The molecule has 1 saturated heterocycles. The van der Waals surface area contributed by atoms with Crippen molar-refractivity contribution < 1.29 is 14.3 Å². The van der Waals surface area contributed by atoms with Crippen molar-refractivity contribution in [3.05, 3.63) is 87.7 Å². The van der Waals surface area contributed by atoms with Crippen molar-refractivity contribution in [2.75, 3.05) is 31.6 Å². The Morgan fingerprint density at radius 2 is 1.74 bits per heavy atom. The molecular weight excluding hydrogens is 440 g/mol. The van der Waals surface area contributed by atoms with Gasteiger partial charge in [0.15, 0.2) is 0 Å². The van der Waals surface area contributed by atoms with Gasteiger partial charge < -0.3 is 15.0 Å². The molecule has 4 rings (SSSR count). The molecule has 0 spiro atoms. The van der Waals surface area contributed by atoms with Crippen molar-refractivity contribution in [2.45, 2.75) is 34.2 Å². The lowest BCUT2D eigenvalue weighted by Crippen LogP contribution is -2.41. The van der Waals surface area contributed by atoms with Crippen LogP contribution in [0.4, 0.5) is 5.69 Å². The Kier molecular flexibility index (Phi) is 7.46. The number of carbonyl (C=O) groups is 2. The quantitative estimate of drug-likeness (QED) is 0.543. The van der Waals surface area contributed by atoms with E-state index in [1.165, 1.54) is 17.2 Å². The van der Waals surface area contributed by atoms with E-state index in [1.807, 2.05) is 31.5 Å². The molecule has 7 nitrogen and oxygen atoms in total. The monoisotopic (exact) mass is 472 g/mol.